The average Bonchev–Trinajstić information content (AvgIpc) is 3.43. The minimum absolute atomic E-state index is 0.166. The lowest BCUT2D eigenvalue weighted by molar-refractivity contribution is -0.136. The molecule has 2 aromatic rings. The second-order valence-corrected chi connectivity index (χ2v) is 8.31. The van der Waals surface area contributed by atoms with E-state index in [0.717, 1.165) is 37.1 Å². The number of imide groups is 1. The maximum atomic E-state index is 13.0. The molecule has 31 heavy (non-hydrogen) atoms. The molecular formula is C20H24N8O3. The molecule has 0 spiro atoms. The number of aromatic nitrogens is 4. The summed E-state index contributed by atoms with van der Waals surface area (Å²) in [6, 6.07) is 5.23. The predicted molar refractivity (Wildman–Crippen MR) is 107 cm³/mol. The third-order valence-electron chi connectivity index (χ3n) is 6.45. The van der Waals surface area contributed by atoms with Crippen molar-refractivity contribution in [3.8, 4) is 0 Å². The van der Waals surface area contributed by atoms with E-state index >= 15 is 0 Å². The predicted octanol–water partition coefficient (Wildman–Crippen LogP) is -0.671. The van der Waals surface area contributed by atoms with Crippen LogP contribution in [0, 0.1) is 0 Å². The van der Waals surface area contributed by atoms with Crippen LogP contribution in [0.15, 0.2) is 18.2 Å². The number of hydrogen-bond donors (Lipinski definition) is 4. The Morgan fingerprint density at radius 2 is 2.03 bits per heavy atom. The number of fused-ring (bicyclic) bond motifs is 1. The fourth-order valence-corrected chi connectivity index (χ4v) is 4.68. The first-order valence-corrected chi connectivity index (χ1v) is 10.5. The summed E-state index contributed by atoms with van der Waals surface area (Å²) in [5.74, 6) is -0.198. The molecule has 0 aliphatic carbocycles. The molecule has 1 aromatic heterocycles. The number of carbonyl (C=O) groups excluding carboxylic acids is 3. The standard InChI is InChI=1S/C20H24N8O3/c29-16-4-3-15(17(30)23-16)28-11-13-2-1-12(9-14(13)18(28)31)10-22-20(5-7-21-8-6-20)19-24-26-27-25-19/h1-2,9,15,21-22H,3-8,10-11H2,(H,23,29,30)(H,24,25,26,27). The maximum absolute atomic E-state index is 13.0. The number of nitrogens with zero attached hydrogens (tertiary/aromatic N) is 4. The number of carbonyl (C=O) groups is 3. The van der Waals surface area contributed by atoms with Gasteiger partial charge in [-0.3, -0.25) is 19.7 Å². The van der Waals surface area contributed by atoms with Gasteiger partial charge in [-0.05, 0) is 49.5 Å². The number of hydrogen-bond acceptors (Lipinski definition) is 8. The first-order chi connectivity index (χ1) is 15.1. The summed E-state index contributed by atoms with van der Waals surface area (Å²) >= 11 is 0. The Morgan fingerprint density at radius 1 is 1.19 bits per heavy atom. The molecule has 1 aromatic carbocycles. The van der Waals surface area contributed by atoms with Gasteiger partial charge in [0.05, 0.1) is 5.54 Å². The molecule has 5 rings (SSSR count). The number of nitrogens with one attached hydrogen (secondary N) is 4. The monoisotopic (exact) mass is 424 g/mol. The van der Waals surface area contributed by atoms with Crippen LogP contribution in [0.4, 0.5) is 0 Å². The van der Waals surface area contributed by atoms with E-state index in [-0.39, 0.29) is 23.8 Å². The van der Waals surface area contributed by atoms with Crippen molar-refractivity contribution < 1.29 is 14.4 Å². The molecule has 1 atom stereocenters. The Labute approximate surface area is 178 Å². The minimum Gasteiger partial charge on any atom is -0.322 e. The van der Waals surface area contributed by atoms with Crippen LogP contribution in [0.1, 0.15) is 53.0 Å². The van der Waals surface area contributed by atoms with Gasteiger partial charge < -0.3 is 15.5 Å². The molecule has 3 aliphatic heterocycles. The molecule has 3 amide bonds. The number of H-pyrrole nitrogens is 1. The van der Waals surface area contributed by atoms with Crippen LogP contribution in [-0.4, -0.2) is 62.4 Å². The summed E-state index contributed by atoms with van der Waals surface area (Å²) in [4.78, 5) is 38.2. The Bertz CT molecular complexity index is 1020. The number of amides is 3. The number of piperidine rings is 2. The number of tetrazole rings is 1. The van der Waals surface area contributed by atoms with E-state index in [4.69, 9.17) is 0 Å². The zero-order valence-corrected chi connectivity index (χ0v) is 17.0. The number of rotatable bonds is 5. The van der Waals surface area contributed by atoms with Crippen LogP contribution >= 0.6 is 0 Å². The maximum Gasteiger partial charge on any atom is 0.255 e. The van der Waals surface area contributed by atoms with Crippen molar-refractivity contribution in [1.82, 2.24) is 41.5 Å². The van der Waals surface area contributed by atoms with Crippen molar-refractivity contribution in [2.45, 2.75) is 50.4 Å². The van der Waals surface area contributed by atoms with E-state index in [1.807, 2.05) is 18.2 Å². The molecule has 2 fully saturated rings. The second-order valence-electron chi connectivity index (χ2n) is 8.31. The fourth-order valence-electron chi connectivity index (χ4n) is 4.68. The molecule has 0 radical (unpaired) electrons. The highest BCUT2D eigenvalue weighted by atomic mass is 16.2. The van der Waals surface area contributed by atoms with Crippen molar-refractivity contribution in [2.75, 3.05) is 13.1 Å². The molecule has 0 saturated carbocycles. The van der Waals surface area contributed by atoms with Crippen LogP contribution < -0.4 is 16.0 Å². The van der Waals surface area contributed by atoms with Crippen LogP contribution in [0.5, 0.6) is 0 Å². The second kappa shape index (κ2) is 7.82. The van der Waals surface area contributed by atoms with E-state index < -0.39 is 11.9 Å². The smallest absolute Gasteiger partial charge is 0.255 e. The Kier molecular flexibility index (Phi) is 4.98. The zero-order chi connectivity index (χ0) is 21.4. The van der Waals surface area contributed by atoms with Crippen LogP contribution in [0.25, 0.3) is 0 Å². The van der Waals surface area contributed by atoms with Gasteiger partial charge in [-0.15, -0.1) is 10.2 Å². The van der Waals surface area contributed by atoms with E-state index in [2.05, 4.69) is 36.6 Å². The minimum atomic E-state index is -0.601. The Hall–Kier alpha value is -3.18. The molecule has 0 bridgehead atoms. The molecule has 162 valence electrons. The highest BCUT2D eigenvalue weighted by Crippen LogP contribution is 2.30. The van der Waals surface area contributed by atoms with Gasteiger partial charge in [-0.2, -0.15) is 5.21 Å². The van der Waals surface area contributed by atoms with E-state index in [0.29, 0.717) is 30.9 Å². The van der Waals surface area contributed by atoms with Gasteiger partial charge in [0.1, 0.15) is 6.04 Å². The topological polar surface area (TPSA) is 145 Å². The van der Waals surface area contributed by atoms with Crippen molar-refractivity contribution in [1.29, 1.82) is 0 Å². The average molecular weight is 424 g/mol. The summed E-state index contributed by atoms with van der Waals surface area (Å²) in [6.07, 6.45) is 2.28. The van der Waals surface area contributed by atoms with Gasteiger partial charge in [0, 0.05) is 25.1 Å². The normalized spacial score (nSPS) is 23.0. The molecule has 11 nitrogen and oxygen atoms in total. The van der Waals surface area contributed by atoms with E-state index in [1.165, 1.54) is 0 Å². The number of aromatic amines is 1. The first-order valence-electron chi connectivity index (χ1n) is 10.5. The molecule has 1 unspecified atom stereocenters. The summed E-state index contributed by atoms with van der Waals surface area (Å²) in [5, 5.41) is 24.0. The van der Waals surface area contributed by atoms with Crippen molar-refractivity contribution >= 4 is 17.7 Å². The van der Waals surface area contributed by atoms with Crippen LogP contribution in [0.3, 0.4) is 0 Å². The summed E-state index contributed by atoms with van der Waals surface area (Å²) in [5.41, 5.74) is 2.11. The largest absolute Gasteiger partial charge is 0.322 e. The fraction of sp³-hybridized carbons (Fsp3) is 0.500. The van der Waals surface area contributed by atoms with Gasteiger partial charge in [-0.25, -0.2) is 0 Å². The third kappa shape index (κ3) is 3.59. The van der Waals surface area contributed by atoms with Gasteiger partial charge in [0.15, 0.2) is 5.82 Å². The van der Waals surface area contributed by atoms with Crippen molar-refractivity contribution in [2.24, 2.45) is 0 Å². The molecule has 4 heterocycles. The lowest BCUT2D eigenvalue weighted by Crippen LogP contribution is -2.52. The van der Waals surface area contributed by atoms with Crippen LogP contribution in [-0.2, 0) is 28.2 Å². The Balaban J connectivity index is 1.32. The van der Waals surface area contributed by atoms with Gasteiger partial charge in [-0.1, -0.05) is 17.3 Å². The highest BCUT2D eigenvalue weighted by Gasteiger charge is 2.40. The van der Waals surface area contributed by atoms with E-state index in [1.54, 1.807) is 4.90 Å². The SMILES string of the molecule is O=C1CCC(N2Cc3ccc(CNC4(c5nn[nH]n5)CCNCC4)cc3C2=O)C(=O)N1. The van der Waals surface area contributed by atoms with Crippen LogP contribution in [0.2, 0.25) is 0 Å². The molecule has 3 aliphatic rings. The highest BCUT2D eigenvalue weighted by molar-refractivity contribution is 6.05. The van der Waals surface area contributed by atoms with Crippen molar-refractivity contribution in [3.05, 3.63) is 40.7 Å². The summed E-state index contributed by atoms with van der Waals surface area (Å²) < 4.78 is 0. The van der Waals surface area contributed by atoms with Gasteiger partial charge in [0.25, 0.3) is 5.91 Å². The first kappa shape index (κ1) is 19.8. The van der Waals surface area contributed by atoms with Gasteiger partial charge in [0.2, 0.25) is 11.8 Å². The molecule has 2 saturated heterocycles. The molecule has 11 heteroatoms. The lowest BCUT2D eigenvalue weighted by Gasteiger charge is -2.36. The van der Waals surface area contributed by atoms with E-state index in [9.17, 15) is 14.4 Å². The summed E-state index contributed by atoms with van der Waals surface area (Å²) in [7, 11) is 0. The number of benzene rings is 1. The quantitative estimate of drug-likeness (QED) is 0.463. The third-order valence-corrected chi connectivity index (χ3v) is 6.45. The summed E-state index contributed by atoms with van der Waals surface area (Å²) in [6.45, 7) is 2.64. The zero-order valence-electron chi connectivity index (χ0n) is 17.0. The van der Waals surface area contributed by atoms with Gasteiger partial charge >= 0.3 is 0 Å². The molecular weight excluding hydrogens is 400 g/mol. The lowest BCUT2D eigenvalue weighted by atomic mass is 9.87. The Morgan fingerprint density at radius 3 is 2.77 bits per heavy atom. The molecule has 4 N–H and O–H groups in total. The van der Waals surface area contributed by atoms with Crippen molar-refractivity contribution in [3.63, 3.8) is 0 Å².